The smallest absolute Gasteiger partial charge is 0.279 e. The van der Waals surface area contributed by atoms with Gasteiger partial charge in [0, 0.05) is 43.3 Å². The van der Waals surface area contributed by atoms with E-state index in [9.17, 15) is 8.42 Å². The Kier molecular flexibility index (Phi) is 5.22. The molecule has 1 saturated heterocycles. The zero-order chi connectivity index (χ0) is 14.6. The molecule has 112 valence electrons. The van der Waals surface area contributed by atoms with E-state index in [0.717, 1.165) is 0 Å². The largest absolute Gasteiger partial charge is 0.496 e. The van der Waals surface area contributed by atoms with Crippen LogP contribution < -0.4 is 14.8 Å². The summed E-state index contributed by atoms with van der Waals surface area (Å²) in [6, 6.07) is 5.22. The highest BCUT2D eigenvalue weighted by Crippen LogP contribution is 2.26. The van der Waals surface area contributed by atoms with Crippen molar-refractivity contribution in [3.8, 4) is 5.75 Å². The molecule has 20 heavy (non-hydrogen) atoms. The average molecular weight is 320 g/mol. The molecule has 0 atom stereocenters. The molecule has 1 aliphatic rings. The lowest BCUT2D eigenvalue weighted by Gasteiger charge is -2.26. The number of halogens is 1. The highest BCUT2D eigenvalue weighted by atomic mass is 35.5. The SMILES string of the molecule is COc1cccc(Cl)c1CNS(=O)(=O)N1CCNCC1. The highest BCUT2D eigenvalue weighted by Gasteiger charge is 2.23. The Balaban J connectivity index is 2.08. The summed E-state index contributed by atoms with van der Waals surface area (Å²) in [5.41, 5.74) is 0.635. The van der Waals surface area contributed by atoms with Gasteiger partial charge in [0.15, 0.2) is 0 Å². The number of methoxy groups -OCH3 is 1. The molecular weight excluding hydrogens is 302 g/mol. The maximum Gasteiger partial charge on any atom is 0.279 e. The van der Waals surface area contributed by atoms with Crippen LogP contribution in [-0.4, -0.2) is 46.0 Å². The van der Waals surface area contributed by atoms with Crippen molar-refractivity contribution in [3.63, 3.8) is 0 Å². The van der Waals surface area contributed by atoms with Gasteiger partial charge in [-0.25, -0.2) is 0 Å². The number of hydrogen-bond donors (Lipinski definition) is 2. The van der Waals surface area contributed by atoms with Gasteiger partial charge in [-0.2, -0.15) is 17.4 Å². The second-order valence-electron chi connectivity index (χ2n) is 4.40. The summed E-state index contributed by atoms with van der Waals surface area (Å²) in [4.78, 5) is 0. The Bertz CT molecular complexity index is 559. The maximum absolute atomic E-state index is 12.2. The molecule has 0 radical (unpaired) electrons. The summed E-state index contributed by atoms with van der Waals surface area (Å²) >= 11 is 6.08. The standard InChI is InChI=1S/C12H18ClN3O3S/c1-19-12-4-2-3-11(13)10(12)9-15-20(17,18)16-7-5-14-6-8-16/h2-4,14-15H,5-9H2,1H3. The molecule has 8 heteroatoms. The van der Waals surface area contributed by atoms with Gasteiger partial charge in [-0.1, -0.05) is 17.7 Å². The monoisotopic (exact) mass is 319 g/mol. The van der Waals surface area contributed by atoms with Gasteiger partial charge in [0.05, 0.1) is 7.11 Å². The minimum atomic E-state index is -3.49. The third-order valence-electron chi connectivity index (χ3n) is 3.14. The van der Waals surface area contributed by atoms with Crippen molar-refractivity contribution in [1.82, 2.24) is 14.3 Å². The molecule has 1 aromatic carbocycles. The molecule has 2 rings (SSSR count). The molecule has 1 fully saturated rings. The molecule has 0 unspecified atom stereocenters. The Morgan fingerprint density at radius 1 is 1.40 bits per heavy atom. The Morgan fingerprint density at radius 2 is 2.10 bits per heavy atom. The zero-order valence-electron chi connectivity index (χ0n) is 11.2. The van der Waals surface area contributed by atoms with E-state index in [1.165, 1.54) is 11.4 Å². The van der Waals surface area contributed by atoms with E-state index in [1.54, 1.807) is 18.2 Å². The zero-order valence-corrected chi connectivity index (χ0v) is 12.8. The van der Waals surface area contributed by atoms with Crippen molar-refractivity contribution in [1.29, 1.82) is 0 Å². The first-order valence-electron chi connectivity index (χ1n) is 6.31. The van der Waals surface area contributed by atoms with Crippen LogP contribution in [-0.2, 0) is 16.8 Å². The lowest BCUT2D eigenvalue weighted by atomic mass is 10.2. The maximum atomic E-state index is 12.2. The summed E-state index contributed by atoms with van der Waals surface area (Å²) in [7, 11) is -1.97. The minimum Gasteiger partial charge on any atom is -0.496 e. The number of piperazine rings is 1. The number of hydrogen-bond acceptors (Lipinski definition) is 4. The number of benzene rings is 1. The fourth-order valence-corrected chi connectivity index (χ4v) is 3.45. The minimum absolute atomic E-state index is 0.106. The summed E-state index contributed by atoms with van der Waals surface area (Å²) < 4.78 is 33.5. The predicted octanol–water partition coefficient (Wildman–Crippen LogP) is 0.588. The van der Waals surface area contributed by atoms with Crippen molar-refractivity contribution in [3.05, 3.63) is 28.8 Å². The van der Waals surface area contributed by atoms with E-state index >= 15 is 0 Å². The Labute approximate surface area is 124 Å². The summed E-state index contributed by atoms with van der Waals surface area (Å²) in [5, 5.41) is 3.59. The Hall–Kier alpha value is -0.860. The molecule has 1 aliphatic heterocycles. The van der Waals surface area contributed by atoms with Crippen LogP contribution in [0.4, 0.5) is 0 Å². The predicted molar refractivity (Wildman–Crippen MR) is 78.2 cm³/mol. The number of rotatable bonds is 5. The summed E-state index contributed by atoms with van der Waals surface area (Å²) in [6.45, 7) is 2.37. The third-order valence-corrected chi connectivity index (χ3v) is 5.05. The number of nitrogens with zero attached hydrogens (tertiary/aromatic N) is 1. The van der Waals surface area contributed by atoms with Crippen LogP contribution in [0.3, 0.4) is 0 Å². The molecule has 1 heterocycles. The van der Waals surface area contributed by atoms with Gasteiger partial charge in [-0.3, -0.25) is 0 Å². The molecule has 0 bridgehead atoms. The van der Waals surface area contributed by atoms with Gasteiger partial charge in [0.2, 0.25) is 0 Å². The van der Waals surface area contributed by atoms with Crippen LogP contribution in [0.1, 0.15) is 5.56 Å². The second-order valence-corrected chi connectivity index (χ2v) is 6.56. The van der Waals surface area contributed by atoms with E-state index in [4.69, 9.17) is 16.3 Å². The molecule has 0 aromatic heterocycles. The first-order valence-corrected chi connectivity index (χ1v) is 8.13. The van der Waals surface area contributed by atoms with Gasteiger partial charge in [0.1, 0.15) is 5.75 Å². The van der Waals surface area contributed by atoms with E-state index in [-0.39, 0.29) is 6.54 Å². The van der Waals surface area contributed by atoms with E-state index < -0.39 is 10.2 Å². The van der Waals surface area contributed by atoms with Crippen LogP contribution in [0.5, 0.6) is 5.75 Å². The molecule has 6 nitrogen and oxygen atoms in total. The fraction of sp³-hybridized carbons (Fsp3) is 0.500. The molecule has 0 amide bonds. The fourth-order valence-electron chi connectivity index (χ4n) is 2.04. The topological polar surface area (TPSA) is 70.7 Å². The highest BCUT2D eigenvalue weighted by molar-refractivity contribution is 7.87. The lowest BCUT2D eigenvalue weighted by Crippen LogP contribution is -2.50. The van der Waals surface area contributed by atoms with Crippen molar-refractivity contribution < 1.29 is 13.2 Å². The molecule has 2 N–H and O–H groups in total. The van der Waals surface area contributed by atoms with Crippen LogP contribution in [0.2, 0.25) is 5.02 Å². The van der Waals surface area contributed by atoms with Gasteiger partial charge in [-0.15, -0.1) is 0 Å². The molecule has 0 aliphatic carbocycles. The number of ether oxygens (including phenoxy) is 1. The van der Waals surface area contributed by atoms with E-state index in [1.807, 2.05) is 0 Å². The molecular formula is C12H18ClN3O3S. The van der Waals surface area contributed by atoms with Crippen LogP contribution >= 0.6 is 11.6 Å². The average Bonchev–Trinajstić information content (AvgIpc) is 2.46. The van der Waals surface area contributed by atoms with E-state index in [2.05, 4.69) is 10.0 Å². The first kappa shape index (κ1) is 15.5. The van der Waals surface area contributed by atoms with Gasteiger partial charge in [0.25, 0.3) is 10.2 Å². The second kappa shape index (κ2) is 6.73. The van der Waals surface area contributed by atoms with Crippen molar-refractivity contribution in [2.75, 3.05) is 33.3 Å². The molecule has 0 spiro atoms. The van der Waals surface area contributed by atoms with Gasteiger partial charge < -0.3 is 10.1 Å². The van der Waals surface area contributed by atoms with Crippen molar-refractivity contribution in [2.45, 2.75) is 6.54 Å². The van der Waals surface area contributed by atoms with Crippen LogP contribution in [0, 0.1) is 0 Å². The first-order chi connectivity index (χ1) is 9.54. The summed E-state index contributed by atoms with van der Waals surface area (Å²) in [5.74, 6) is 0.570. The van der Waals surface area contributed by atoms with E-state index in [0.29, 0.717) is 42.5 Å². The van der Waals surface area contributed by atoms with Crippen molar-refractivity contribution in [2.24, 2.45) is 0 Å². The molecule has 1 aromatic rings. The normalized spacial score (nSPS) is 17.1. The van der Waals surface area contributed by atoms with Crippen molar-refractivity contribution >= 4 is 21.8 Å². The number of nitrogens with one attached hydrogen (secondary N) is 2. The van der Waals surface area contributed by atoms with Gasteiger partial charge in [-0.05, 0) is 12.1 Å². The Morgan fingerprint density at radius 3 is 2.75 bits per heavy atom. The van der Waals surface area contributed by atoms with Gasteiger partial charge >= 0.3 is 0 Å². The van der Waals surface area contributed by atoms with Crippen LogP contribution in [0.15, 0.2) is 18.2 Å². The lowest BCUT2D eigenvalue weighted by molar-refractivity contribution is 0.354. The third kappa shape index (κ3) is 3.62. The quantitative estimate of drug-likeness (QED) is 0.833. The van der Waals surface area contributed by atoms with Crippen LogP contribution in [0.25, 0.3) is 0 Å². The summed E-state index contributed by atoms with van der Waals surface area (Å²) in [6.07, 6.45) is 0. The molecule has 0 saturated carbocycles.